The van der Waals surface area contributed by atoms with Gasteiger partial charge in [0.15, 0.2) is 0 Å². The minimum Gasteiger partial charge on any atom is -0.359 e. The molecule has 0 radical (unpaired) electrons. The second-order valence-electron chi connectivity index (χ2n) is 5.20. The van der Waals surface area contributed by atoms with Gasteiger partial charge in [-0.3, -0.25) is 14.4 Å². The molecule has 1 N–H and O–H groups in total. The fourth-order valence-corrected chi connectivity index (χ4v) is 2.65. The number of nitrogens with zero attached hydrogens (tertiary/aromatic N) is 1. The minimum absolute atomic E-state index is 0.184. The lowest BCUT2D eigenvalue weighted by Gasteiger charge is -2.40. The van der Waals surface area contributed by atoms with Crippen LogP contribution in [-0.2, 0) is 10.6 Å². The van der Waals surface area contributed by atoms with E-state index in [9.17, 15) is 14.7 Å². The van der Waals surface area contributed by atoms with Crippen LogP contribution in [0.2, 0.25) is 0 Å². The normalized spacial score (nSPS) is 21.0. The Hall–Kier alpha value is -2.50. The highest BCUT2D eigenvalue weighted by Gasteiger charge is 2.52. The number of Topliss-reactive ketones (excluding diaryl/α,β-unsaturated/α-hetero) is 1. The van der Waals surface area contributed by atoms with E-state index in [0.717, 1.165) is 10.6 Å². The molecule has 1 amide bonds. The van der Waals surface area contributed by atoms with Crippen molar-refractivity contribution in [3.63, 3.8) is 0 Å². The van der Waals surface area contributed by atoms with Gasteiger partial charge < -0.3 is 5.11 Å². The molecule has 2 aromatic rings. The van der Waals surface area contributed by atoms with Gasteiger partial charge in [-0.25, -0.2) is 0 Å². The van der Waals surface area contributed by atoms with Crippen molar-refractivity contribution < 1.29 is 19.5 Å². The third-order valence-electron chi connectivity index (χ3n) is 3.83. The zero-order valence-corrected chi connectivity index (χ0v) is 12.2. The van der Waals surface area contributed by atoms with E-state index in [2.05, 4.69) is 0 Å². The van der Waals surface area contributed by atoms with Crippen LogP contribution in [0.5, 0.6) is 0 Å². The van der Waals surface area contributed by atoms with Gasteiger partial charge in [-0.05, 0) is 13.0 Å². The summed E-state index contributed by atoms with van der Waals surface area (Å²) in [5.74, 6) is -1.14. The van der Waals surface area contributed by atoms with E-state index in [-0.39, 0.29) is 16.7 Å². The number of aliphatic hydroxyl groups is 1. The third-order valence-corrected chi connectivity index (χ3v) is 3.83. The fourth-order valence-electron chi connectivity index (χ4n) is 2.65. The van der Waals surface area contributed by atoms with Crippen molar-refractivity contribution in [2.24, 2.45) is 0 Å². The topological polar surface area (TPSA) is 66.8 Å². The first-order valence-electron chi connectivity index (χ1n) is 6.82. The predicted octanol–water partition coefficient (Wildman–Crippen LogP) is 2.04. The maximum Gasteiger partial charge on any atom is 0.281 e. The number of carbonyl (C=O) groups excluding carboxylic acids is 2. The molecule has 112 valence electrons. The highest BCUT2D eigenvalue weighted by molar-refractivity contribution is 6.16. The van der Waals surface area contributed by atoms with Crippen LogP contribution in [0.25, 0.3) is 0 Å². The first kappa shape index (κ1) is 14.4. The van der Waals surface area contributed by atoms with Crippen LogP contribution in [0.15, 0.2) is 48.5 Å². The lowest BCUT2D eigenvalue weighted by molar-refractivity contribution is -0.227. The van der Waals surface area contributed by atoms with Gasteiger partial charge in [0, 0.05) is 11.1 Å². The second kappa shape index (κ2) is 5.05. The smallest absolute Gasteiger partial charge is 0.281 e. The summed E-state index contributed by atoms with van der Waals surface area (Å²) in [7, 11) is 1.25. The Morgan fingerprint density at radius 3 is 2.18 bits per heavy atom. The third kappa shape index (κ3) is 1.87. The summed E-state index contributed by atoms with van der Waals surface area (Å²) in [5, 5.41) is 11.7. The first-order chi connectivity index (χ1) is 10.5. The van der Waals surface area contributed by atoms with Crippen LogP contribution in [0.4, 0.5) is 0 Å². The van der Waals surface area contributed by atoms with Crippen LogP contribution in [0, 0.1) is 6.92 Å². The van der Waals surface area contributed by atoms with E-state index < -0.39 is 17.4 Å². The summed E-state index contributed by atoms with van der Waals surface area (Å²) in [5.41, 5.74) is -0.512. The Kier molecular flexibility index (Phi) is 3.31. The number of aryl methyl sites for hydroxylation is 1. The number of hydroxylamine groups is 2. The zero-order valence-electron chi connectivity index (χ0n) is 12.2. The van der Waals surface area contributed by atoms with Crippen molar-refractivity contribution in [2.45, 2.75) is 12.6 Å². The summed E-state index contributed by atoms with van der Waals surface area (Å²) in [6.07, 6.45) is 0. The second-order valence-corrected chi connectivity index (χ2v) is 5.20. The van der Waals surface area contributed by atoms with Crippen molar-refractivity contribution in [1.29, 1.82) is 0 Å². The molecule has 0 spiro atoms. The molecular weight excluding hydrogens is 282 g/mol. The van der Waals surface area contributed by atoms with E-state index in [1.165, 1.54) is 19.2 Å². The van der Waals surface area contributed by atoms with E-state index >= 15 is 0 Å². The van der Waals surface area contributed by atoms with Gasteiger partial charge in [0.25, 0.3) is 11.6 Å². The molecule has 1 heterocycles. The van der Waals surface area contributed by atoms with Gasteiger partial charge in [-0.1, -0.05) is 48.0 Å². The predicted molar refractivity (Wildman–Crippen MR) is 79.0 cm³/mol. The standard InChI is InChI=1S/C17H15NO4/c1-11-7-9-12(10-8-11)17(21)15(19)13-5-3-4-6-14(13)16(20)18(17)22-2/h3-10,21H,1-2H3. The summed E-state index contributed by atoms with van der Waals surface area (Å²) >= 11 is 0. The van der Waals surface area contributed by atoms with Crippen LogP contribution >= 0.6 is 0 Å². The molecule has 2 aromatic carbocycles. The number of rotatable bonds is 2. The van der Waals surface area contributed by atoms with E-state index in [1.807, 2.05) is 6.92 Å². The molecule has 1 unspecified atom stereocenters. The largest absolute Gasteiger partial charge is 0.359 e. The van der Waals surface area contributed by atoms with Gasteiger partial charge in [-0.2, -0.15) is 5.06 Å². The van der Waals surface area contributed by atoms with E-state index in [1.54, 1.807) is 36.4 Å². The van der Waals surface area contributed by atoms with Crippen LogP contribution < -0.4 is 0 Å². The number of hydrogen-bond acceptors (Lipinski definition) is 4. The molecule has 0 aliphatic carbocycles. The quantitative estimate of drug-likeness (QED) is 0.921. The van der Waals surface area contributed by atoms with Crippen molar-refractivity contribution in [1.82, 2.24) is 5.06 Å². The zero-order chi connectivity index (χ0) is 15.9. The number of carbonyl (C=O) groups is 2. The molecule has 0 aromatic heterocycles. The average molecular weight is 297 g/mol. The molecule has 1 aliphatic heterocycles. The van der Waals surface area contributed by atoms with Gasteiger partial charge in [0.05, 0.1) is 12.7 Å². The molecule has 3 rings (SSSR count). The highest BCUT2D eigenvalue weighted by Crippen LogP contribution is 2.36. The lowest BCUT2D eigenvalue weighted by atomic mass is 9.86. The van der Waals surface area contributed by atoms with Gasteiger partial charge in [0.2, 0.25) is 5.78 Å². The number of hydrogen-bond donors (Lipinski definition) is 1. The monoisotopic (exact) mass is 297 g/mol. The number of amides is 1. The summed E-state index contributed by atoms with van der Waals surface area (Å²) in [6, 6.07) is 13.1. The molecule has 1 atom stereocenters. The summed E-state index contributed by atoms with van der Waals surface area (Å²) in [4.78, 5) is 30.4. The average Bonchev–Trinajstić information content (AvgIpc) is 2.54. The minimum atomic E-state index is -2.17. The summed E-state index contributed by atoms with van der Waals surface area (Å²) in [6.45, 7) is 1.89. The van der Waals surface area contributed by atoms with Crippen molar-refractivity contribution >= 4 is 11.7 Å². The molecule has 1 aliphatic rings. The maximum atomic E-state index is 12.8. The van der Waals surface area contributed by atoms with E-state index in [4.69, 9.17) is 4.84 Å². The number of ketones is 1. The number of benzene rings is 2. The summed E-state index contributed by atoms with van der Waals surface area (Å²) < 4.78 is 0. The number of fused-ring (bicyclic) bond motifs is 1. The Labute approximate surface area is 127 Å². The lowest BCUT2D eigenvalue weighted by Crippen LogP contribution is -2.57. The molecule has 0 bridgehead atoms. The maximum absolute atomic E-state index is 12.8. The van der Waals surface area contributed by atoms with Crippen molar-refractivity contribution in [3.05, 3.63) is 70.8 Å². The molecule has 5 nitrogen and oxygen atoms in total. The fraction of sp³-hybridized carbons (Fsp3) is 0.176. The first-order valence-corrected chi connectivity index (χ1v) is 6.82. The van der Waals surface area contributed by atoms with E-state index in [0.29, 0.717) is 0 Å². The van der Waals surface area contributed by atoms with Crippen molar-refractivity contribution in [2.75, 3.05) is 7.11 Å². The molecular formula is C17H15NO4. The Morgan fingerprint density at radius 2 is 1.59 bits per heavy atom. The van der Waals surface area contributed by atoms with Gasteiger partial charge >= 0.3 is 0 Å². The van der Waals surface area contributed by atoms with Crippen LogP contribution in [0.1, 0.15) is 31.8 Å². The Bertz CT molecular complexity index is 754. The molecule has 22 heavy (non-hydrogen) atoms. The van der Waals surface area contributed by atoms with Crippen molar-refractivity contribution in [3.8, 4) is 0 Å². The highest BCUT2D eigenvalue weighted by atomic mass is 16.7. The molecule has 0 saturated carbocycles. The van der Waals surface area contributed by atoms with Gasteiger partial charge in [-0.15, -0.1) is 0 Å². The SMILES string of the molecule is CON1C(=O)c2ccccc2C(=O)C1(O)c1ccc(C)cc1. The Balaban J connectivity index is 2.24. The molecule has 5 heteroatoms. The van der Waals surface area contributed by atoms with Crippen LogP contribution in [-0.4, -0.2) is 29.0 Å². The molecule has 0 saturated heterocycles. The Morgan fingerprint density at radius 1 is 1.00 bits per heavy atom. The molecule has 0 fully saturated rings. The van der Waals surface area contributed by atoms with Crippen LogP contribution in [0.3, 0.4) is 0 Å². The van der Waals surface area contributed by atoms with Gasteiger partial charge in [0.1, 0.15) is 0 Å².